The van der Waals surface area contributed by atoms with Crippen molar-refractivity contribution in [1.82, 2.24) is 15.4 Å². The zero-order valence-corrected chi connectivity index (χ0v) is 18.4. The van der Waals surface area contributed by atoms with Gasteiger partial charge in [0.15, 0.2) is 0 Å². The summed E-state index contributed by atoms with van der Waals surface area (Å²) < 4.78 is 0. The molecule has 1 heterocycles. The van der Waals surface area contributed by atoms with E-state index in [1.165, 1.54) is 15.7 Å². The highest BCUT2D eigenvalue weighted by Gasteiger charge is 2.32. The van der Waals surface area contributed by atoms with Crippen molar-refractivity contribution in [2.75, 3.05) is 32.7 Å². The SMILES string of the molecule is CC1=CN(O)CC(C)(C)CC(C)(C)CN(O)CCC(C)(C)CNCC1C. The van der Waals surface area contributed by atoms with E-state index in [0.717, 1.165) is 25.9 Å². The minimum atomic E-state index is -0.0618. The topological polar surface area (TPSA) is 59.0 Å². The molecule has 1 unspecified atom stereocenters. The van der Waals surface area contributed by atoms with E-state index in [1.54, 1.807) is 0 Å². The van der Waals surface area contributed by atoms with Gasteiger partial charge in [-0.25, -0.2) is 0 Å². The molecule has 0 amide bonds. The Balaban J connectivity index is 2.98. The molecule has 0 radical (unpaired) electrons. The second-order valence-corrected chi connectivity index (χ2v) is 10.8. The Morgan fingerprint density at radius 3 is 2.19 bits per heavy atom. The van der Waals surface area contributed by atoms with Crippen molar-refractivity contribution in [1.29, 1.82) is 0 Å². The average molecular weight is 370 g/mol. The molecular formula is C21H43N3O2. The van der Waals surface area contributed by atoms with Crippen molar-refractivity contribution in [2.45, 2.75) is 68.2 Å². The summed E-state index contributed by atoms with van der Waals surface area (Å²) in [6.07, 6.45) is 3.74. The molecule has 0 fully saturated rings. The first-order valence-corrected chi connectivity index (χ1v) is 10.00. The fraction of sp³-hybridized carbons (Fsp3) is 0.905. The van der Waals surface area contributed by atoms with Crippen LogP contribution >= 0.6 is 0 Å². The Bertz CT molecular complexity index is 472. The molecule has 5 nitrogen and oxygen atoms in total. The molecule has 3 N–H and O–H groups in total. The molecule has 0 aliphatic carbocycles. The van der Waals surface area contributed by atoms with Crippen LogP contribution in [0.3, 0.4) is 0 Å². The number of hydrogen-bond donors (Lipinski definition) is 3. The number of rotatable bonds is 0. The van der Waals surface area contributed by atoms with Gasteiger partial charge in [-0.3, -0.25) is 10.3 Å². The lowest BCUT2D eigenvalue weighted by Gasteiger charge is -2.39. The van der Waals surface area contributed by atoms with Crippen LogP contribution in [0.2, 0.25) is 0 Å². The molecular weight excluding hydrogens is 326 g/mol. The summed E-state index contributed by atoms with van der Waals surface area (Å²) in [7, 11) is 0. The predicted octanol–water partition coefficient (Wildman–Crippen LogP) is 4.37. The Morgan fingerprint density at radius 2 is 1.58 bits per heavy atom. The van der Waals surface area contributed by atoms with Crippen molar-refractivity contribution in [3.05, 3.63) is 11.8 Å². The van der Waals surface area contributed by atoms with Crippen LogP contribution in [0.4, 0.5) is 0 Å². The first kappa shape index (κ1) is 23.4. The molecule has 154 valence electrons. The van der Waals surface area contributed by atoms with E-state index >= 15 is 0 Å². The summed E-state index contributed by atoms with van der Waals surface area (Å²) in [5.41, 5.74) is 1.21. The van der Waals surface area contributed by atoms with Crippen molar-refractivity contribution in [3.63, 3.8) is 0 Å². The maximum absolute atomic E-state index is 10.4. The molecule has 0 aromatic heterocycles. The van der Waals surface area contributed by atoms with Gasteiger partial charge < -0.3 is 10.5 Å². The van der Waals surface area contributed by atoms with Gasteiger partial charge in [0, 0.05) is 38.9 Å². The van der Waals surface area contributed by atoms with Crippen LogP contribution in [0, 0.1) is 22.2 Å². The minimum Gasteiger partial charge on any atom is -0.316 e. The van der Waals surface area contributed by atoms with Crippen molar-refractivity contribution in [3.8, 4) is 0 Å². The van der Waals surface area contributed by atoms with Crippen LogP contribution in [-0.2, 0) is 0 Å². The molecule has 1 aliphatic heterocycles. The molecule has 0 aromatic carbocycles. The highest BCUT2D eigenvalue weighted by Crippen LogP contribution is 2.35. The second-order valence-electron chi connectivity index (χ2n) is 10.8. The molecule has 0 bridgehead atoms. The molecule has 0 aromatic rings. The third-order valence-corrected chi connectivity index (χ3v) is 5.39. The van der Waals surface area contributed by atoms with Gasteiger partial charge in [0.2, 0.25) is 0 Å². The van der Waals surface area contributed by atoms with Crippen LogP contribution in [0.25, 0.3) is 0 Å². The summed E-state index contributed by atoms with van der Waals surface area (Å²) >= 11 is 0. The number of hydrogen-bond acceptors (Lipinski definition) is 5. The summed E-state index contributed by atoms with van der Waals surface area (Å²) in [5.74, 6) is 0.363. The molecule has 26 heavy (non-hydrogen) atoms. The lowest BCUT2D eigenvalue weighted by atomic mass is 9.74. The van der Waals surface area contributed by atoms with Crippen LogP contribution in [-0.4, -0.2) is 53.3 Å². The second kappa shape index (κ2) is 9.05. The number of nitrogens with zero attached hydrogens (tertiary/aromatic N) is 2. The van der Waals surface area contributed by atoms with E-state index in [4.69, 9.17) is 0 Å². The van der Waals surface area contributed by atoms with E-state index in [9.17, 15) is 10.4 Å². The zero-order valence-electron chi connectivity index (χ0n) is 18.4. The van der Waals surface area contributed by atoms with Gasteiger partial charge in [0.25, 0.3) is 0 Å². The van der Waals surface area contributed by atoms with E-state index in [2.05, 4.69) is 60.7 Å². The summed E-state index contributed by atoms with van der Waals surface area (Å²) in [6, 6.07) is 0. The average Bonchev–Trinajstić information content (AvgIpc) is 2.41. The maximum atomic E-state index is 10.4. The fourth-order valence-electron chi connectivity index (χ4n) is 4.14. The lowest BCUT2D eigenvalue weighted by Crippen LogP contribution is -2.41. The normalized spacial score (nSPS) is 29.2. The van der Waals surface area contributed by atoms with E-state index in [0.29, 0.717) is 25.6 Å². The van der Waals surface area contributed by atoms with Gasteiger partial charge in [0.05, 0.1) is 0 Å². The van der Waals surface area contributed by atoms with Gasteiger partial charge in [-0.1, -0.05) is 54.0 Å². The molecule has 0 spiro atoms. The Kier molecular flexibility index (Phi) is 8.15. The minimum absolute atomic E-state index is 0.0371. The first-order valence-electron chi connectivity index (χ1n) is 10.00. The molecule has 5 heteroatoms. The van der Waals surface area contributed by atoms with Crippen LogP contribution in [0.15, 0.2) is 11.8 Å². The van der Waals surface area contributed by atoms with Crippen LogP contribution in [0.1, 0.15) is 68.2 Å². The van der Waals surface area contributed by atoms with E-state index < -0.39 is 0 Å². The van der Waals surface area contributed by atoms with Gasteiger partial charge in [-0.2, -0.15) is 5.06 Å². The molecule has 1 atom stereocenters. The smallest absolute Gasteiger partial charge is 0.0497 e. The summed E-state index contributed by atoms with van der Waals surface area (Å²) in [6.45, 7) is 21.2. The number of hydroxylamine groups is 4. The standard InChI is InChI=1S/C21H43N3O2/c1-17-11-22-14-19(3,4)9-10-23(25)15-20(5,6)13-21(7,8)16-24(26)12-18(17)2/h12,17,22,25-26H,9-11,13-16H2,1-8H3. The van der Waals surface area contributed by atoms with Gasteiger partial charge >= 0.3 is 0 Å². The van der Waals surface area contributed by atoms with Crippen LogP contribution in [0.5, 0.6) is 0 Å². The van der Waals surface area contributed by atoms with Crippen LogP contribution < -0.4 is 5.32 Å². The lowest BCUT2D eigenvalue weighted by molar-refractivity contribution is -0.126. The Hall–Kier alpha value is -0.620. The monoisotopic (exact) mass is 369 g/mol. The molecule has 1 aliphatic rings. The highest BCUT2D eigenvalue weighted by molar-refractivity contribution is 5.02. The third-order valence-electron chi connectivity index (χ3n) is 5.39. The Morgan fingerprint density at radius 1 is 1.00 bits per heavy atom. The highest BCUT2D eigenvalue weighted by atomic mass is 16.5. The van der Waals surface area contributed by atoms with Gasteiger partial charge in [-0.05, 0) is 41.9 Å². The maximum Gasteiger partial charge on any atom is 0.0497 e. The summed E-state index contributed by atoms with van der Waals surface area (Å²) in [5, 5.41) is 27.2. The largest absolute Gasteiger partial charge is 0.316 e. The van der Waals surface area contributed by atoms with Crippen molar-refractivity contribution >= 4 is 0 Å². The quantitative estimate of drug-likeness (QED) is 0.592. The van der Waals surface area contributed by atoms with Crippen molar-refractivity contribution < 1.29 is 10.4 Å². The van der Waals surface area contributed by atoms with Crippen molar-refractivity contribution in [2.24, 2.45) is 22.2 Å². The zero-order chi connectivity index (χ0) is 20.2. The molecule has 0 saturated carbocycles. The van der Waals surface area contributed by atoms with Gasteiger partial charge in [0.1, 0.15) is 0 Å². The molecule has 0 saturated heterocycles. The first-order chi connectivity index (χ1) is 11.7. The van der Waals surface area contributed by atoms with Gasteiger partial charge in [-0.15, -0.1) is 0 Å². The molecule has 1 rings (SSSR count). The summed E-state index contributed by atoms with van der Waals surface area (Å²) in [4.78, 5) is 0. The predicted molar refractivity (Wildman–Crippen MR) is 108 cm³/mol. The fourth-order valence-corrected chi connectivity index (χ4v) is 4.14. The van der Waals surface area contributed by atoms with E-state index in [1.807, 2.05) is 6.20 Å². The third kappa shape index (κ3) is 8.85. The Labute approximate surface area is 161 Å². The number of nitrogens with one attached hydrogen (secondary N) is 1. The van der Waals surface area contributed by atoms with E-state index in [-0.39, 0.29) is 16.2 Å².